The molecule has 1 heterocycles. The van der Waals surface area contributed by atoms with Gasteiger partial charge >= 0.3 is 0 Å². The van der Waals surface area contributed by atoms with E-state index in [-0.39, 0.29) is 0 Å². The predicted octanol–water partition coefficient (Wildman–Crippen LogP) is 2.76. The number of thiophene rings is 1. The van der Waals surface area contributed by atoms with Crippen molar-refractivity contribution in [3.8, 4) is 11.5 Å². The Kier molecular flexibility index (Phi) is 6.17. The first-order valence-electron chi connectivity index (χ1n) is 6.57. The monoisotopic (exact) mass is 335 g/mol. The average Bonchev–Trinajstić information content (AvgIpc) is 3.06. The van der Waals surface area contributed by atoms with Crippen LogP contribution in [0, 0.1) is 0 Å². The Bertz CT molecular complexity index is 642. The molecule has 0 aliphatic rings. The van der Waals surface area contributed by atoms with Crippen molar-refractivity contribution < 1.29 is 9.47 Å². The molecule has 1 aromatic carbocycles. The predicted molar refractivity (Wildman–Crippen MR) is 94.0 cm³/mol. The molecule has 0 fully saturated rings. The molecule has 0 aliphatic heterocycles. The van der Waals surface area contributed by atoms with Crippen LogP contribution in [-0.4, -0.2) is 25.5 Å². The summed E-state index contributed by atoms with van der Waals surface area (Å²) in [6.07, 6.45) is 1.66. The second-order valence-corrected chi connectivity index (χ2v) is 5.67. The lowest BCUT2D eigenvalue weighted by Gasteiger charge is -2.10. The fourth-order valence-corrected chi connectivity index (χ4v) is 2.32. The average molecular weight is 335 g/mol. The van der Waals surface area contributed by atoms with Crippen LogP contribution in [-0.2, 0) is 6.61 Å². The first-order valence-corrected chi connectivity index (χ1v) is 7.85. The second-order valence-electron chi connectivity index (χ2n) is 4.23. The molecule has 0 bridgehead atoms. The molecule has 0 unspecified atom stereocenters. The first-order chi connectivity index (χ1) is 10.7. The van der Waals surface area contributed by atoms with Crippen LogP contribution in [0.25, 0.3) is 0 Å². The summed E-state index contributed by atoms with van der Waals surface area (Å²) < 4.78 is 11.1. The number of rotatable bonds is 6. The summed E-state index contributed by atoms with van der Waals surface area (Å²) in [6.45, 7) is 0.527. The first kappa shape index (κ1) is 16.3. The maximum atomic E-state index is 5.78. The van der Waals surface area contributed by atoms with E-state index in [1.807, 2.05) is 35.7 Å². The Morgan fingerprint density at radius 3 is 2.91 bits per heavy atom. The molecule has 22 heavy (non-hydrogen) atoms. The maximum absolute atomic E-state index is 5.78. The van der Waals surface area contributed by atoms with Gasteiger partial charge in [0.1, 0.15) is 6.61 Å². The summed E-state index contributed by atoms with van der Waals surface area (Å²) in [7, 11) is 3.34. The zero-order valence-electron chi connectivity index (χ0n) is 12.3. The van der Waals surface area contributed by atoms with Crippen molar-refractivity contribution in [3.63, 3.8) is 0 Å². The third-order valence-electron chi connectivity index (χ3n) is 2.74. The third-order valence-corrected chi connectivity index (χ3v) is 3.89. The van der Waals surface area contributed by atoms with Crippen molar-refractivity contribution in [1.82, 2.24) is 10.7 Å². The summed E-state index contributed by atoms with van der Waals surface area (Å²) in [5, 5.41) is 9.29. The number of hydrogen-bond acceptors (Lipinski definition) is 5. The topological polar surface area (TPSA) is 54.9 Å². The molecule has 0 atom stereocenters. The highest BCUT2D eigenvalue weighted by atomic mass is 32.1. The smallest absolute Gasteiger partial charge is 0.186 e. The van der Waals surface area contributed by atoms with E-state index < -0.39 is 0 Å². The molecular weight excluding hydrogens is 318 g/mol. The van der Waals surface area contributed by atoms with Crippen LogP contribution in [0.3, 0.4) is 0 Å². The van der Waals surface area contributed by atoms with Crippen LogP contribution < -0.4 is 20.2 Å². The molecular formula is C15H17N3O2S2. The van der Waals surface area contributed by atoms with Crippen LogP contribution in [0.1, 0.15) is 10.4 Å². The van der Waals surface area contributed by atoms with Gasteiger partial charge in [0.05, 0.1) is 13.3 Å². The number of hydrogen-bond donors (Lipinski definition) is 2. The lowest BCUT2D eigenvalue weighted by atomic mass is 10.2. The quantitative estimate of drug-likeness (QED) is 0.483. The van der Waals surface area contributed by atoms with E-state index in [2.05, 4.69) is 15.8 Å². The van der Waals surface area contributed by atoms with Gasteiger partial charge in [0, 0.05) is 11.9 Å². The molecule has 5 nitrogen and oxygen atoms in total. The van der Waals surface area contributed by atoms with Gasteiger partial charge in [0.15, 0.2) is 16.6 Å². The normalized spacial score (nSPS) is 10.5. The molecule has 0 spiro atoms. The van der Waals surface area contributed by atoms with Crippen LogP contribution in [0.2, 0.25) is 0 Å². The number of hydrazone groups is 1. The minimum Gasteiger partial charge on any atom is -0.493 e. The maximum Gasteiger partial charge on any atom is 0.186 e. The summed E-state index contributed by atoms with van der Waals surface area (Å²) >= 11 is 6.60. The van der Waals surface area contributed by atoms with Crippen LogP contribution >= 0.6 is 23.6 Å². The molecule has 1 aromatic heterocycles. The number of methoxy groups -OCH3 is 1. The molecule has 0 amide bonds. The Balaban J connectivity index is 2.02. The van der Waals surface area contributed by atoms with Crippen LogP contribution in [0.15, 0.2) is 40.8 Å². The van der Waals surface area contributed by atoms with E-state index in [9.17, 15) is 0 Å². The summed E-state index contributed by atoms with van der Waals surface area (Å²) in [5.41, 5.74) is 3.58. The molecule has 0 aliphatic carbocycles. The number of nitrogens with one attached hydrogen (secondary N) is 2. The van der Waals surface area contributed by atoms with Crippen molar-refractivity contribution >= 4 is 34.9 Å². The fourth-order valence-electron chi connectivity index (χ4n) is 1.65. The van der Waals surface area contributed by atoms with Gasteiger partial charge in [-0.3, -0.25) is 5.43 Å². The van der Waals surface area contributed by atoms with Gasteiger partial charge in [-0.1, -0.05) is 6.07 Å². The summed E-state index contributed by atoms with van der Waals surface area (Å²) in [5.74, 6) is 1.36. The summed E-state index contributed by atoms with van der Waals surface area (Å²) in [4.78, 5) is 1.16. The van der Waals surface area contributed by atoms with Crippen LogP contribution in [0.4, 0.5) is 0 Å². The van der Waals surface area contributed by atoms with Gasteiger partial charge in [-0.25, -0.2) is 0 Å². The van der Waals surface area contributed by atoms with Crippen molar-refractivity contribution in [2.45, 2.75) is 6.61 Å². The molecule has 0 radical (unpaired) electrons. The zero-order chi connectivity index (χ0) is 15.8. The highest BCUT2D eigenvalue weighted by molar-refractivity contribution is 7.80. The van der Waals surface area contributed by atoms with Gasteiger partial charge in [0.25, 0.3) is 0 Å². The Morgan fingerprint density at radius 2 is 2.23 bits per heavy atom. The molecule has 0 saturated carbocycles. The molecule has 116 valence electrons. The SMILES string of the molecule is CNC(=S)N/N=C\c1ccc(OCc2cccs2)c(OC)c1. The van der Waals surface area contributed by atoms with Crippen molar-refractivity contribution in [2.24, 2.45) is 5.10 Å². The van der Waals surface area contributed by atoms with E-state index in [0.29, 0.717) is 23.2 Å². The Morgan fingerprint density at radius 1 is 1.36 bits per heavy atom. The number of nitrogens with zero attached hydrogens (tertiary/aromatic N) is 1. The zero-order valence-corrected chi connectivity index (χ0v) is 14.0. The molecule has 2 N–H and O–H groups in total. The Hall–Kier alpha value is -2.12. The largest absolute Gasteiger partial charge is 0.493 e. The molecule has 2 aromatic rings. The highest BCUT2D eigenvalue weighted by Gasteiger charge is 2.06. The number of ether oxygens (including phenoxy) is 2. The molecule has 7 heteroatoms. The molecule has 2 rings (SSSR count). The van der Waals surface area contributed by atoms with Crippen molar-refractivity contribution in [2.75, 3.05) is 14.2 Å². The lowest BCUT2D eigenvalue weighted by Crippen LogP contribution is -2.28. The van der Waals surface area contributed by atoms with E-state index in [1.165, 1.54) is 0 Å². The fraction of sp³-hybridized carbons (Fsp3) is 0.200. The van der Waals surface area contributed by atoms with Gasteiger partial charge in [-0.15, -0.1) is 11.3 Å². The minimum atomic E-state index is 0.458. The van der Waals surface area contributed by atoms with Gasteiger partial charge in [-0.05, 0) is 47.4 Å². The van der Waals surface area contributed by atoms with Gasteiger partial charge < -0.3 is 14.8 Å². The van der Waals surface area contributed by atoms with Crippen molar-refractivity contribution in [1.29, 1.82) is 0 Å². The number of thiocarbonyl (C=S) groups is 1. The minimum absolute atomic E-state index is 0.458. The van der Waals surface area contributed by atoms with Crippen LogP contribution in [0.5, 0.6) is 11.5 Å². The standard InChI is InChI=1S/C15H17N3O2S2/c1-16-15(21)18-17-9-11-5-6-13(14(8-11)19-2)20-10-12-4-3-7-22-12/h3-9H,10H2,1-2H3,(H2,16,18,21)/b17-9-. The van der Waals surface area contributed by atoms with E-state index >= 15 is 0 Å². The Labute approximate surface area is 139 Å². The summed E-state index contributed by atoms with van der Waals surface area (Å²) in [6, 6.07) is 9.67. The van der Waals surface area contributed by atoms with Gasteiger partial charge in [-0.2, -0.15) is 5.10 Å². The van der Waals surface area contributed by atoms with Gasteiger partial charge in [0.2, 0.25) is 0 Å². The van der Waals surface area contributed by atoms with E-state index in [4.69, 9.17) is 21.7 Å². The molecule has 0 saturated heterocycles. The number of benzene rings is 1. The van der Waals surface area contributed by atoms with E-state index in [0.717, 1.165) is 10.4 Å². The lowest BCUT2D eigenvalue weighted by molar-refractivity contribution is 0.287. The van der Waals surface area contributed by atoms with E-state index in [1.54, 1.807) is 31.7 Å². The highest BCUT2D eigenvalue weighted by Crippen LogP contribution is 2.28. The second kappa shape index (κ2) is 8.35. The third kappa shape index (κ3) is 4.71. The van der Waals surface area contributed by atoms with Crippen molar-refractivity contribution in [3.05, 3.63) is 46.2 Å².